The molecule has 1 aromatic heterocycles. The molecular weight excluding hydrogens is 256 g/mol. The number of para-hydroxylation sites is 1. The third kappa shape index (κ3) is 3.03. The molecule has 1 unspecified atom stereocenters. The first kappa shape index (κ1) is 12.4. The van der Waals surface area contributed by atoms with E-state index in [4.69, 9.17) is 5.26 Å². The van der Waals surface area contributed by atoms with Crippen molar-refractivity contribution in [2.24, 2.45) is 0 Å². The molecule has 96 valence electrons. The summed E-state index contributed by atoms with van der Waals surface area (Å²) in [5, 5.41) is 14.5. The molecule has 2 aromatic rings. The van der Waals surface area contributed by atoms with Gasteiger partial charge in [-0.25, -0.2) is 9.97 Å². The third-order valence-electron chi connectivity index (χ3n) is 3.06. The van der Waals surface area contributed by atoms with E-state index in [0.717, 1.165) is 15.9 Å². The van der Waals surface area contributed by atoms with Gasteiger partial charge in [0, 0.05) is 17.2 Å². The number of thioether (sulfide) groups is 1. The molecule has 0 spiro atoms. The van der Waals surface area contributed by atoms with Crippen LogP contribution in [0.2, 0.25) is 0 Å². The van der Waals surface area contributed by atoms with Crippen LogP contribution in [0.5, 0.6) is 0 Å². The van der Waals surface area contributed by atoms with Crippen molar-refractivity contribution < 1.29 is 0 Å². The van der Waals surface area contributed by atoms with Crippen molar-refractivity contribution in [2.75, 3.05) is 5.75 Å². The van der Waals surface area contributed by atoms with E-state index in [0.29, 0.717) is 11.8 Å². The summed E-state index contributed by atoms with van der Waals surface area (Å²) in [6, 6.07) is 10.7. The van der Waals surface area contributed by atoms with Gasteiger partial charge < -0.3 is 0 Å². The molecule has 0 radical (unpaired) electrons. The molecule has 1 fully saturated rings. The Hall–Kier alpha value is -1.64. The molecule has 1 atom stereocenters. The molecule has 1 saturated carbocycles. The maximum absolute atomic E-state index is 9.14. The number of fused-ring (bicyclic) bond motifs is 1. The molecule has 1 aliphatic carbocycles. The fraction of sp³-hybridized carbons (Fsp3) is 0.357. The molecule has 0 bridgehead atoms. The highest BCUT2D eigenvalue weighted by molar-refractivity contribution is 7.99. The number of aromatic nitrogens is 2. The normalized spacial score (nSPS) is 16.2. The van der Waals surface area contributed by atoms with E-state index in [2.05, 4.69) is 21.4 Å². The summed E-state index contributed by atoms with van der Waals surface area (Å²) in [7, 11) is 0. The van der Waals surface area contributed by atoms with Gasteiger partial charge in [0.2, 0.25) is 0 Å². The summed E-state index contributed by atoms with van der Waals surface area (Å²) in [6.45, 7) is 0. The molecule has 1 N–H and O–H groups in total. The van der Waals surface area contributed by atoms with Gasteiger partial charge in [0.05, 0.1) is 11.6 Å². The fourth-order valence-corrected chi connectivity index (χ4v) is 2.86. The van der Waals surface area contributed by atoms with Crippen molar-refractivity contribution >= 4 is 22.7 Å². The van der Waals surface area contributed by atoms with Crippen molar-refractivity contribution in [2.45, 2.75) is 30.0 Å². The lowest BCUT2D eigenvalue weighted by molar-refractivity contribution is 0.644. The lowest BCUT2D eigenvalue weighted by atomic mass is 10.2. The van der Waals surface area contributed by atoms with Gasteiger partial charge in [0.25, 0.3) is 0 Å². The third-order valence-corrected chi connectivity index (χ3v) is 4.16. The lowest BCUT2D eigenvalue weighted by Crippen LogP contribution is -2.31. The van der Waals surface area contributed by atoms with E-state index in [1.54, 1.807) is 18.1 Å². The summed E-state index contributed by atoms with van der Waals surface area (Å²) in [4.78, 5) is 8.57. The fourth-order valence-electron chi connectivity index (χ4n) is 1.91. The average Bonchev–Trinajstić information content (AvgIpc) is 3.27. The molecule has 5 heteroatoms. The van der Waals surface area contributed by atoms with Crippen LogP contribution in [0.25, 0.3) is 10.9 Å². The average molecular weight is 270 g/mol. The van der Waals surface area contributed by atoms with Crippen LogP contribution in [0, 0.1) is 11.3 Å². The molecule has 0 amide bonds. The molecule has 1 heterocycles. The Labute approximate surface area is 116 Å². The van der Waals surface area contributed by atoms with Crippen LogP contribution in [-0.2, 0) is 0 Å². The standard InChI is InChI=1S/C14H14N4S/c15-7-11(18-10-5-6-10)8-19-14-12-3-1-2-4-13(12)16-9-17-14/h1-4,9-11,18H,5-6,8H2. The number of nitrogens with one attached hydrogen (secondary N) is 1. The second kappa shape index (κ2) is 5.55. The minimum atomic E-state index is -0.105. The monoisotopic (exact) mass is 270 g/mol. The van der Waals surface area contributed by atoms with Gasteiger partial charge >= 0.3 is 0 Å². The van der Waals surface area contributed by atoms with E-state index >= 15 is 0 Å². The summed E-state index contributed by atoms with van der Waals surface area (Å²) >= 11 is 1.62. The molecule has 1 aromatic carbocycles. The van der Waals surface area contributed by atoms with Gasteiger partial charge in [0.1, 0.15) is 17.4 Å². The van der Waals surface area contributed by atoms with Gasteiger partial charge in [-0.05, 0) is 18.9 Å². The predicted octanol–water partition coefficient (Wildman–Crippen LogP) is 2.37. The second-order valence-electron chi connectivity index (χ2n) is 4.63. The van der Waals surface area contributed by atoms with Gasteiger partial charge in [-0.15, -0.1) is 11.8 Å². The Morgan fingerprint density at radius 2 is 2.21 bits per heavy atom. The first-order chi connectivity index (χ1) is 9.36. The van der Waals surface area contributed by atoms with E-state index in [-0.39, 0.29) is 6.04 Å². The molecule has 0 saturated heterocycles. The summed E-state index contributed by atoms with van der Waals surface area (Å²) in [5.41, 5.74) is 0.948. The zero-order valence-corrected chi connectivity index (χ0v) is 11.2. The number of benzene rings is 1. The van der Waals surface area contributed by atoms with Gasteiger partial charge in [-0.3, -0.25) is 5.32 Å². The summed E-state index contributed by atoms with van der Waals surface area (Å²) in [5.74, 6) is 0.716. The number of nitrogens with zero attached hydrogens (tertiary/aromatic N) is 3. The SMILES string of the molecule is N#CC(CSc1ncnc2ccccc12)NC1CC1. The van der Waals surface area contributed by atoms with Crippen molar-refractivity contribution in [3.05, 3.63) is 30.6 Å². The van der Waals surface area contributed by atoms with Crippen LogP contribution < -0.4 is 5.32 Å². The Morgan fingerprint density at radius 3 is 3.00 bits per heavy atom. The van der Waals surface area contributed by atoms with Gasteiger partial charge in [0.15, 0.2) is 0 Å². The smallest absolute Gasteiger partial charge is 0.117 e. The zero-order valence-electron chi connectivity index (χ0n) is 10.4. The zero-order chi connectivity index (χ0) is 13.1. The summed E-state index contributed by atoms with van der Waals surface area (Å²) < 4.78 is 0. The minimum absolute atomic E-state index is 0.105. The van der Waals surface area contributed by atoms with Crippen LogP contribution >= 0.6 is 11.8 Å². The van der Waals surface area contributed by atoms with Gasteiger partial charge in [-0.1, -0.05) is 18.2 Å². The molecule has 4 nitrogen and oxygen atoms in total. The Morgan fingerprint density at radius 1 is 1.37 bits per heavy atom. The van der Waals surface area contributed by atoms with E-state index in [1.807, 2.05) is 24.3 Å². The largest absolute Gasteiger partial charge is 0.298 e. The van der Waals surface area contributed by atoms with Crippen LogP contribution in [0.3, 0.4) is 0 Å². The maximum Gasteiger partial charge on any atom is 0.117 e. The number of nitriles is 1. The van der Waals surface area contributed by atoms with Crippen molar-refractivity contribution in [1.82, 2.24) is 15.3 Å². The second-order valence-corrected chi connectivity index (χ2v) is 5.64. The van der Waals surface area contributed by atoms with Crippen LogP contribution in [-0.4, -0.2) is 27.8 Å². The molecule has 0 aliphatic heterocycles. The van der Waals surface area contributed by atoms with Crippen LogP contribution in [0.15, 0.2) is 35.6 Å². The Balaban J connectivity index is 1.72. The molecular formula is C14H14N4S. The van der Waals surface area contributed by atoms with E-state index < -0.39 is 0 Å². The highest BCUT2D eigenvalue weighted by Crippen LogP contribution is 2.25. The van der Waals surface area contributed by atoms with E-state index in [1.165, 1.54) is 12.8 Å². The first-order valence-corrected chi connectivity index (χ1v) is 7.33. The first-order valence-electron chi connectivity index (χ1n) is 6.35. The van der Waals surface area contributed by atoms with Crippen LogP contribution in [0.1, 0.15) is 12.8 Å². The maximum atomic E-state index is 9.14. The van der Waals surface area contributed by atoms with Crippen molar-refractivity contribution in [3.8, 4) is 6.07 Å². The highest BCUT2D eigenvalue weighted by atomic mass is 32.2. The topological polar surface area (TPSA) is 61.6 Å². The quantitative estimate of drug-likeness (QED) is 0.667. The predicted molar refractivity (Wildman–Crippen MR) is 75.8 cm³/mol. The highest BCUT2D eigenvalue weighted by Gasteiger charge is 2.24. The Kier molecular flexibility index (Phi) is 3.62. The van der Waals surface area contributed by atoms with E-state index in [9.17, 15) is 0 Å². The van der Waals surface area contributed by atoms with Crippen LogP contribution in [0.4, 0.5) is 0 Å². The lowest BCUT2D eigenvalue weighted by Gasteiger charge is -2.10. The Bertz CT molecular complexity index is 613. The van der Waals surface area contributed by atoms with Crippen molar-refractivity contribution in [1.29, 1.82) is 5.26 Å². The number of hydrogen-bond donors (Lipinski definition) is 1. The molecule has 1 aliphatic rings. The number of rotatable bonds is 5. The molecule has 3 rings (SSSR count). The van der Waals surface area contributed by atoms with Crippen molar-refractivity contribution in [3.63, 3.8) is 0 Å². The van der Waals surface area contributed by atoms with Gasteiger partial charge in [-0.2, -0.15) is 5.26 Å². The molecule has 19 heavy (non-hydrogen) atoms. The summed E-state index contributed by atoms with van der Waals surface area (Å²) in [6.07, 6.45) is 3.97. The number of hydrogen-bond acceptors (Lipinski definition) is 5. The minimum Gasteiger partial charge on any atom is -0.298 e.